The second kappa shape index (κ2) is 9.38. The summed E-state index contributed by atoms with van der Waals surface area (Å²) in [6.07, 6.45) is -10.8. The lowest BCUT2D eigenvalue weighted by Gasteiger charge is -2.15. The fourth-order valence-electron chi connectivity index (χ4n) is 3.43. The van der Waals surface area contributed by atoms with Crippen LogP contribution in [0.4, 0.5) is 43.9 Å². The monoisotopic (exact) mass is 514 g/mol. The minimum atomic E-state index is -5.41. The lowest BCUT2D eigenvalue weighted by Crippen LogP contribution is -2.27. The molecule has 0 fully saturated rings. The first-order valence-electron chi connectivity index (χ1n) is 9.47. The lowest BCUT2D eigenvalue weighted by molar-refractivity contribution is -0.0694. The fraction of sp³-hybridized carbons (Fsp3) is 0.0833. The van der Waals surface area contributed by atoms with Crippen LogP contribution in [-0.4, -0.2) is 12.4 Å². The third kappa shape index (κ3) is 5.03. The number of nitriles is 2. The number of halogens is 10. The SMILES string of the molecule is N#C/C(=c1/cc(-c2ccc(F)cc2F)/c(=C(\C#N)C(F)(F)F)cc1-c1ccc(F)cc1F)C(F)(F)F. The number of nitrogens with zero attached hydrogens (tertiary/aromatic N) is 2. The summed E-state index contributed by atoms with van der Waals surface area (Å²) in [5.41, 5.74) is -7.59. The molecule has 0 atom stereocenters. The molecule has 2 nitrogen and oxygen atoms in total. The molecule has 36 heavy (non-hydrogen) atoms. The highest BCUT2D eigenvalue weighted by Crippen LogP contribution is 2.31. The zero-order valence-corrected chi connectivity index (χ0v) is 17.3. The summed E-state index contributed by atoms with van der Waals surface area (Å²) in [6, 6.07) is 5.25. The molecule has 0 aliphatic rings. The predicted molar refractivity (Wildman–Crippen MR) is 107 cm³/mol. The molecule has 0 unspecified atom stereocenters. The van der Waals surface area contributed by atoms with Crippen molar-refractivity contribution in [2.75, 3.05) is 0 Å². The first kappa shape index (κ1) is 26.3. The highest BCUT2D eigenvalue weighted by atomic mass is 19.4. The van der Waals surface area contributed by atoms with Gasteiger partial charge in [-0.1, -0.05) is 0 Å². The van der Waals surface area contributed by atoms with Gasteiger partial charge in [0, 0.05) is 33.7 Å². The van der Waals surface area contributed by atoms with Crippen LogP contribution in [0.25, 0.3) is 33.4 Å². The smallest absolute Gasteiger partial charge is 0.207 e. The van der Waals surface area contributed by atoms with E-state index < -0.39 is 79.5 Å². The van der Waals surface area contributed by atoms with E-state index in [0.29, 0.717) is 36.4 Å². The summed E-state index contributed by atoms with van der Waals surface area (Å²) in [6.45, 7) is 0. The molecule has 3 aromatic rings. The highest BCUT2D eigenvalue weighted by molar-refractivity contribution is 5.82. The molecule has 0 N–H and O–H groups in total. The largest absolute Gasteiger partial charge is 0.426 e. The summed E-state index contributed by atoms with van der Waals surface area (Å²) in [4.78, 5) is 0. The van der Waals surface area contributed by atoms with Crippen molar-refractivity contribution >= 4 is 11.1 Å². The zero-order chi connectivity index (χ0) is 27.0. The molecule has 184 valence electrons. The lowest BCUT2D eigenvalue weighted by atomic mass is 9.91. The summed E-state index contributed by atoms with van der Waals surface area (Å²) >= 11 is 0. The topological polar surface area (TPSA) is 47.6 Å². The van der Waals surface area contributed by atoms with Crippen LogP contribution >= 0.6 is 0 Å². The van der Waals surface area contributed by atoms with Crippen LogP contribution in [-0.2, 0) is 0 Å². The van der Waals surface area contributed by atoms with Crippen molar-refractivity contribution in [3.8, 4) is 34.4 Å². The van der Waals surface area contributed by atoms with Crippen LogP contribution in [0.3, 0.4) is 0 Å². The van der Waals surface area contributed by atoms with Gasteiger partial charge in [0.05, 0.1) is 0 Å². The van der Waals surface area contributed by atoms with E-state index in [9.17, 15) is 54.4 Å². The Labute approximate surface area is 195 Å². The van der Waals surface area contributed by atoms with Gasteiger partial charge in [0.15, 0.2) is 0 Å². The van der Waals surface area contributed by atoms with Crippen molar-refractivity contribution in [2.24, 2.45) is 0 Å². The van der Waals surface area contributed by atoms with Gasteiger partial charge in [0.25, 0.3) is 0 Å². The molecule has 0 saturated carbocycles. The van der Waals surface area contributed by atoms with Crippen LogP contribution in [0.5, 0.6) is 0 Å². The van der Waals surface area contributed by atoms with Gasteiger partial charge in [-0.05, 0) is 47.5 Å². The van der Waals surface area contributed by atoms with E-state index in [1.54, 1.807) is 0 Å². The molecule has 0 amide bonds. The van der Waals surface area contributed by atoms with Gasteiger partial charge in [-0.25, -0.2) is 17.6 Å². The average molecular weight is 514 g/mol. The Morgan fingerprint density at radius 1 is 0.528 bits per heavy atom. The predicted octanol–water partition coefficient (Wildman–Crippen LogP) is 6.05. The van der Waals surface area contributed by atoms with Gasteiger partial charge in [0.2, 0.25) is 0 Å². The molecular weight excluding hydrogens is 506 g/mol. The maximum atomic E-state index is 14.6. The summed E-state index contributed by atoms with van der Waals surface area (Å²) in [5, 5.41) is 16.0. The Kier molecular flexibility index (Phi) is 6.85. The Morgan fingerprint density at radius 2 is 0.861 bits per heavy atom. The molecule has 0 heterocycles. The van der Waals surface area contributed by atoms with Crippen molar-refractivity contribution < 1.29 is 43.9 Å². The standard InChI is InChI=1S/C24H8F10N2/c25-11-1-3-13(21(27)5-11)15-7-18(20(10-36)24(32,33)34)16(14-4-2-12(26)6-22(14)28)8-17(15)19(9-35)23(29,30)31/h1-8H/b19-17+,20-18+. The van der Waals surface area contributed by atoms with Gasteiger partial charge in [-0.2, -0.15) is 36.9 Å². The molecule has 0 saturated heterocycles. The van der Waals surface area contributed by atoms with E-state index in [2.05, 4.69) is 0 Å². The molecule has 0 spiro atoms. The summed E-state index contributed by atoms with van der Waals surface area (Å²) in [5.74, 6) is -5.31. The third-order valence-electron chi connectivity index (χ3n) is 4.93. The van der Waals surface area contributed by atoms with Crippen molar-refractivity contribution in [2.45, 2.75) is 12.4 Å². The average Bonchev–Trinajstić information content (AvgIpc) is 2.74. The fourth-order valence-corrected chi connectivity index (χ4v) is 3.43. The van der Waals surface area contributed by atoms with E-state index in [1.807, 2.05) is 0 Å². The normalized spacial score (nSPS) is 13.6. The third-order valence-corrected chi connectivity index (χ3v) is 4.93. The minimum Gasteiger partial charge on any atom is -0.207 e. The number of benzene rings is 3. The van der Waals surface area contributed by atoms with Crippen LogP contribution in [0.1, 0.15) is 0 Å². The zero-order valence-electron chi connectivity index (χ0n) is 17.3. The molecule has 12 heteroatoms. The van der Waals surface area contributed by atoms with Gasteiger partial charge in [-0.15, -0.1) is 0 Å². The van der Waals surface area contributed by atoms with Crippen LogP contribution < -0.4 is 10.4 Å². The second-order valence-corrected chi connectivity index (χ2v) is 7.16. The van der Waals surface area contributed by atoms with Gasteiger partial charge in [-0.3, -0.25) is 0 Å². The molecule has 0 aliphatic heterocycles. The van der Waals surface area contributed by atoms with E-state index in [4.69, 9.17) is 0 Å². The molecule has 0 bridgehead atoms. The maximum absolute atomic E-state index is 14.6. The summed E-state index contributed by atoms with van der Waals surface area (Å²) < 4.78 is 138. The molecule has 0 aromatic heterocycles. The molecule has 3 aromatic carbocycles. The van der Waals surface area contributed by atoms with Crippen molar-refractivity contribution in [1.29, 1.82) is 10.5 Å². The molecule has 3 rings (SSSR count). The van der Waals surface area contributed by atoms with Crippen molar-refractivity contribution in [3.63, 3.8) is 0 Å². The van der Waals surface area contributed by atoms with Crippen molar-refractivity contribution in [1.82, 2.24) is 0 Å². The first-order valence-corrected chi connectivity index (χ1v) is 9.47. The Bertz CT molecular complexity index is 1450. The molecule has 0 aliphatic carbocycles. The van der Waals surface area contributed by atoms with E-state index in [-0.39, 0.29) is 12.1 Å². The van der Waals surface area contributed by atoms with Crippen LogP contribution in [0.2, 0.25) is 0 Å². The number of hydrogen-bond donors (Lipinski definition) is 0. The highest BCUT2D eigenvalue weighted by Gasteiger charge is 2.38. The Balaban J connectivity index is 2.75. The van der Waals surface area contributed by atoms with Crippen LogP contribution in [0, 0.1) is 45.9 Å². The van der Waals surface area contributed by atoms with E-state index in [1.165, 1.54) is 0 Å². The van der Waals surface area contributed by atoms with Gasteiger partial charge < -0.3 is 0 Å². The summed E-state index contributed by atoms with van der Waals surface area (Å²) in [7, 11) is 0. The molecule has 0 radical (unpaired) electrons. The maximum Gasteiger partial charge on any atom is 0.426 e. The van der Waals surface area contributed by atoms with Gasteiger partial charge >= 0.3 is 12.4 Å². The number of hydrogen-bond acceptors (Lipinski definition) is 2. The van der Waals surface area contributed by atoms with Gasteiger partial charge in [0.1, 0.15) is 46.6 Å². The van der Waals surface area contributed by atoms with Crippen molar-refractivity contribution in [3.05, 3.63) is 82.2 Å². The first-order chi connectivity index (χ1) is 16.7. The molecular formula is C24H8F10N2. The van der Waals surface area contributed by atoms with Crippen LogP contribution in [0.15, 0.2) is 48.5 Å². The number of alkyl halides is 6. The van der Waals surface area contributed by atoms with E-state index >= 15 is 0 Å². The Hall–Kier alpha value is -4.32. The van der Waals surface area contributed by atoms with E-state index in [0.717, 1.165) is 12.1 Å². The quantitative estimate of drug-likeness (QED) is 0.391. The Morgan fingerprint density at radius 3 is 1.11 bits per heavy atom. The minimum absolute atomic E-state index is 0.241. The second-order valence-electron chi connectivity index (χ2n) is 7.16. The number of rotatable bonds is 2.